The van der Waals surface area contributed by atoms with Gasteiger partial charge in [-0.25, -0.2) is 15.0 Å². The molecule has 44 heavy (non-hydrogen) atoms. The van der Waals surface area contributed by atoms with Crippen molar-refractivity contribution in [3.63, 3.8) is 0 Å². The smallest absolute Gasteiger partial charge is 0.160 e. The van der Waals surface area contributed by atoms with Gasteiger partial charge in [-0.3, -0.25) is 0 Å². The molecule has 0 amide bonds. The summed E-state index contributed by atoms with van der Waals surface area (Å²) in [6.45, 7) is 0. The summed E-state index contributed by atoms with van der Waals surface area (Å²) in [7, 11) is 0. The minimum atomic E-state index is 0.705. The lowest BCUT2D eigenvalue weighted by atomic mass is 10.0. The highest BCUT2D eigenvalue weighted by atomic mass is 32.1. The van der Waals surface area contributed by atoms with Crippen molar-refractivity contribution in [3.8, 4) is 45.2 Å². The number of fused-ring (bicyclic) bond motifs is 7. The number of pyridine rings is 1. The average molecular weight is 598 g/mol. The highest BCUT2D eigenvalue weighted by Crippen LogP contribution is 2.47. The van der Waals surface area contributed by atoms with Gasteiger partial charge in [0.25, 0.3) is 0 Å². The molecule has 0 aliphatic rings. The predicted octanol–water partition coefficient (Wildman–Crippen LogP) is 11.3. The number of nitrogens with zero attached hydrogens (tertiary/aromatic N) is 3. The van der Waals surface area contributed by atoms with Gasteiger partial charge in [0.2, 0.25) is 0 Å². The summed E-state index contributed by atoms with van der Waals surface area (Å²) >= 11 is 3.60. The Hall–Kier alpha value is -5.23. The van der Waals surface area contributed by atoms with Crippen LogP contribution in [0.15, 0.2) is 140 Å². The maximum atomic E-state index is 5.31. The van der Waals surface area contributed by atoms with Crippen molar-refractivity contribution in [2.24, 2.45) is 0 Å². The van der Waals surface area contributed by atoms with E-state index in [0.717, 1.165) is 44.2 Å². The van der Waals surface area contributed by atoms with E-state index in [1.165, 1.54) is 35.6 Å². The van der Waals surface area contributed by atoms with Crippen LogP contribution in [-0.4, -0.2) is 15.0 Å². The van der Waals surface area contributed by atoms with E-state index in [-0.39, 0.29) is 0 Å². The second-order valence-electron chi connectivity index (χ2n) is 10.8. The quantitative estimate of drug-likeness (QED) is 0.203. The Morgan fingerprint density at radius 2 is 0.932 bits per heavy atom. The molecule has 0 atom stereocenters. The van der Waals surface area contributed by atoms with Crippen molar-refractivity contribution >= 4 is 63.1 Å². The van der Waals surface area contributed by atoms with Gasteiger partial charge in [-0.05, 0) is 18.2 Å². The van der Waals surface area contributed by atoms with Crippen LogP contribution in [0.1, 0.15) is 0 Å². The van der Waals surface area contributed by atoms with Crippen LogP contribution in [0.3, 0.4) is 0 Å². The van der Waals surface area contributed by atoms with Gasteiger partial charge < -0.3 is 0 Å². The minimum Gasteiger partial charge on any atom is -0.235 e. The van der Waals surface area contributed by atoms with Gasteiger partial charge in [0.15, 0.2) is 5.82 Å². The minimum absolute atomic E-state index is 0.705. The molecule has 4 heterocycles. The standard InChI is InChI=1S/C39H23N3S2/c1-3-11-24(12-4-1)30-23-31(25-13-5-2-6-14-25)41-38(40-30)27-21-19-26(20-22-27)36-37-34(28-15-7-9-17-32(28)43-37)35-29-16-8-10-18-33(29)44-39(35)42-36/h1-23H. The SMILES string of the molecule is c1ccc(-c2cc(-c3ccccc3)nc(-c3ccc(-c4nc5sc6ccccc6c5c5c4sc4ccccc45)cc3)n2)cc1. The highest BCUT2D eigenvalue weighted by Gasteiger charge is 2.19. The largest absolute Gasteiger partial charge is 0.235 e. The zero-order valence-corrected chi connectivity index (χ0v) is 25.1. The molecule has 0 bridgehead atoms. The Morgan fingerprint density at radius 3 is 1.57 bits per heavy atom. The topological polar surface area (TPSA) is 38.7 Å². The van der Waals surface area contributed by atoms with Crippen molar-refractivity contribution in [3.05, 3.63) is 140 Å². The molecule has 0 fully saturated rings. The van der Waals surface area contributed by atoms with E-state index in [1.54, 1.807) is 11.3 Å². The van der Waals surface area contributed by atoms with Gasteiger partial charge in [0.05, 0.1) is 21.8 Å². The molecule has 0 aliphatic carbocycles. The molecule has 9 rings (SSSR count). The van der Waals surface area contributed by atoms with Crippen LogP contribution in [-0.2, 0) is 0 Å². The average Bonchev–Trinajstić information content (AvgIpc) is 3.67. The van der Waals surface area contributed by atoms with Crippen LogP contribution in [0, 0.1) is 0 Å². The molecule has 5 heteroatoms. The molecule has 4 aromatic heterocycles. The summed E-state index contributed by atoms with van der Waals surface area (Å²) < 4.78 is 3.77. The molecule has 206 valence electrons. The third-order valence-electron chi connectivity index (χ3n) is 8.13. The molecule has 5 aromatic carbocycles. The lowest BCUT2D eigenvalue weighted by Crippen LogP contribution is -1.96. The summed E-state index contributed by atoms with van der Waals surface area (Å²) in [5.74, 6) is 0.705. The molecule has 0 spiro atoms. The number of thiophene rings is 2. The summed E-state index contributed by atoms with van der Waals surface area (Å²) in [6, 6.07) is 48.7. The second kappa shape index (κ2) is 10.2. The number of hydrogen-bond donors (Lipinski definition) is 0. The van der Waals surface area contributed by atoms with Crippen molar-refractivity contribution < 1.29 is 0 Å². The third kappa shape index (κ3) is 4.13. The van der Waals surface area contributed by atoms with Gasteiger partial charge in [0, 0.05) is 53.2 Å². The van der Waals surface area contributed by atoms with E-state index in [2.05, 4.69) is 103 Å². The molecule has 9 aromatic rings. The Kier molecular flexibility index (Phi) is 5.86. The number of rotatable bonds is 4. The third-order valence-corrected chi connectivity index (χ3v) is 10.4. The Labute approximate surface area is 261 Å². The molecule has 0 aliphatic heterocycles. The fourth-order valence-electron chi connectivity index (χ4n) is 6.03. The first-order chi connectivity index (χ1) is 21.8. The maximum absolute atomic E-state index is 5.31. The van der Waals surface area contributed by atoms with Crippen LogP contribution in [0.4, 0.5) is 0 Å². The lowest BCUT2D eigenvalue weighted by molar-refractivity contribution is 1.18. The van der Waals surface area contributed by atoms with E-state index in [4.69, 9.17) is 15.0 Å². The molecule has 0 saturated carbocycles. The summed E-state index contributed by atoms with van der Waals surface area (Å²) in [5.41, 5.74) is 7.03. The molecule has 3 nitrogen and oxygen atoms in total. The monoisotopic (exact) mass is 597 g/mol. The van der Waals surface area contributed by atoms with Crippen molar-refractivity contribution in [2.75, 3.05) is 0 Å². The summed E-state index contributed by atoms with van der Waals surface area (Å²) in [6.07, 6.45) is 0. The van der Waals surface area contributed by atoms with E-state index in [0.29, 0.717) is 5.82 Å². The first-order valence-corrected chi connectivity index (χ1v) is 16.2. The van der Waals surface area contributed by atoms with Crippen LogP contribution < -0.4 is 0 Å². The fourth-order valence-corrected chi connectivity index (χ4v) is 8.34. The Balaban J connectivity index is 1.22. The van der Waals surface area contributed by atoms with E-state index in [1.807, 2.05) is 47.7 Å². The second-order valence-corrected chi connectivity index (χ2v) is 12.9. The Morgan fingerprint density at radius 1 is 0.409 bits per heavy atom. The number of hydrogen-bond acceptors (Lipinski definition) is 5. The van der Waals surface area contributed by atoms with Gasteiger partial charge in [-0.15, -0.1) is 22.7 Å². The van der Waals surface area contributed by atoms with Crippen molar-refractivity contribution in [1.82, 2.24) is 15.0 Å². The molecular weight excluding hydrogens is 575 g/mol. The van der Waals surface area contributed by atoms with Crippen molar-refractivity contribution in [2.45, 2.75) is 0 Å². The van der Waals surface area contributed by atoms with E-state index < -0.39 is 0 Å². The summed E-state index contributed by atoms with van der Waals surface area (Å²) in [4.78, 5) is 16.4. The summed E-state index contributed by atoms with van der Waals surface area (Å²) in [5, 5.41) is 5.14. The Bertz CT molecular complexity index is 2420. The highest BCUT2D eigenvalue weighted by molar-refractivity contribution is 7.28. The van der Waals surface area contributed by atoms with Gasteiger partial charge >= 0.3 is 0 Å². The zero-order chi connectivity index (χ0) is 29.0. The first kappa shape index (κ1) is 25.3. The number of benzene rings is 5. The van der Waals surface area contributed by atoms with Crippen molar-refractivity contribution in [1.29, 1.82) is 0 Å². The van der Waals surface area contributed by atoms with Crippen LogP contribution in [0.5, 0.6) is 0 Å². The van der Waals surface area contributed by atoms with Gasteiger partial charge in [-0.2, -0.15) is 0 Å². The predicted molar refractivity (Wildman–Crippen MR) is 187 cm³/mol. The van der Waals surface area contributed by atoms with E-state index in [9.17, 15) is 0 Å². The van der Waals surface area contributed by atoms with Crippen LogP contribution in [0.25, 0.3) is 85.6 Å². The molecule has 0 saturated heterocycles. The lowest BCUT2D eigenvalue weighted by Gasteiger charge is -2.10. The van der Waals surface area contributed by atoms with Crippen LogP contribution in [0.2, 0.25) is 0 Å². The fraction of sp³-hybridized carbons (Fsp3) is 0. The molecule has 0 unspecified atom stereocenters. The number of aromatic nitrogens is 3. The normalized spacial score (nSPS) is 11.6. The van der Waals surface area contributed by atoms with Gasteiger partial charge in [-0.1, -0.05) is 121 Å². The van der Waals surface area contributed by atoms with Gasteiger partial charge in [0.1, 0.15) is 4.83 Å². The molecule has 0 radical (unpaired) electrons. The molecular formula is C39H23N3S2. The molecule has 0 N–H and O–H groups in total. The first-order valence-electron chi connectivity index (χ1n) is 14.5. The van der Waals surface area contributed by atoms with Crippen LogP contribution >= 0.6 is 22.7 Å². The zero-order valence-electron chi connectivity index (χ0n) is 23.4. The van der Waals surface area contributed by atoms with E-state index >= 15 is 0 Å². The maximum Gasteiger partial charge on any atom is 0.160 e.